The Hall–Kier alpha value is -3.16. The van der Waals surface area contributed by atoms with E-state index in [0.29, 0.717) is 40.8 Å². The maximum absolute atomic E-state index is 9.94. The van der Waals surface area contributed by atoms with Gasteiger partial charge in [0.15, 0.2) is 6.10 Å². The van der Waals surface area contributed by atoms with E-state index in [4.69, 9.17) is 30.5 Å². The van der Waals surface area contributed by atoms with Crippen LogP contribution in [0.25, 0.3) is 22.3 Å². The van der Waals surface area contributed by atoms with Crippen molar-refractivity contribution >= 4 is 28.5 Å². The van der Waals surface area contributed by atoms with Crippen LogP contribution in [0, 0.1) is 11.3 Å². The Bertz CT molecular complexity index is 1300. The number of aromatic nitrogens is 2. The summed E-state index contributed by atoms with van der Waals surface area (Å²) in [6.45, 7) is 1.72. The van der Waals surface area contributed by atoms with Crippen molar-refractivity contribution in [3.63, 3.8) is 0 Å². The molecular formula is C23H19ClN4O5. The highest BCUT2D eigenvalue weighted by atomic mass is 35.5. The van der Waals surface area contributed by atoms with E-state index in [1.165, 1.54) is 0 Å². The molecule has 0 aliphatic carbocycles. The molecule has 3 aliphatic heterocycles. The summed E-state index contributed by atoms with van der Waals surface area (Å²) in [4.78, 5) is 12.1. The van der Waals surface area contributed by atoms with Crippen LogP contribution < -0.4 is 4.74 Å². The number of aliphatic hydroxyl groups excluding tert-OH is 1. The van der Waals surface area contributed by atoms with E-state index in [1.807, 2.05) is 24.3 Å². The van der Waals surface area contributed by atoms with Crippen LogP contribution in [0.15, 0.2) is 35.3 Å². The highest BCUT2D eigenvalue weighted by Crippen LogP contribution is 2.36. The van der Waals surface area contributed by atoms with Gasteiger partial charge in [-0.1, -0.05) is 23.7 Å². The van der Waals surface area contributed by atoms with Gasteiger partial charge in [-0.25, -0.2) is 9.98 Å². The lowest BCUT2D eigenvalue weighted by molar-refractivity contribution is 0.00789. The molecule has 0 saturated carbocycles. The summed E-state index contributed by atoms with van der Waals surface area (Å²) in [5.74, 6) is 0.909. The number of aliphatic imine (C=N–C) groups is 1. The van der Waals surface area contributed by atoms with E-state index in [9.17, 15) is 10.4 Å². The summed E-state index contributed by atoms with van der Waals surface area (Å²) in [6.07, 6.45) is -1.94. The lowest BCUT2D eigenvalue weighted by Crippen LogP contribution is -2.34. The van der Waals surface area contributed by atoms with Crippen molar-refractivity contribution in [1.29, 1.82) is 5.26 Å². The van der Waals surface area contributed by atoms with Gasteiger partial charge in [-0.3, -0.25) is 0 Å². The minimum absolute atomic E-state index is 0.200. The van der Waals surface area contributed by atoms with Crippen LogP contribution in [0.5, 0.6) is 5.88 Å². The number of halogens is 1. The summed E-state index contributed by atoms with van der Waals surface area (Å²) in [5, 5.41) is 20.2. The van der Waals surface area contributed by atoms with Crippen molar-refractivity contribution in [2.75, 3.05) is 26.4 Å². The van der Waals surface area contributed by atoms with Gasteiger partial charge in [0.25, 0.3) is 0 Å². The van der Waals surface area contributed by atoms with E-state index < -0.39 is 24.4 Å². The number of nitrogens with zero attached hydrogens (tertiary/aromatic N) is 3. The number of pyridine rings is 1. The van der Waals surface area contributed by atoms with Gasteiger partial charge in [-0.2, -0.15) is 5.26 Å². The van der Waals surface area contributed by atoms with E-state index in [0.717, 1.165) is 11.1 Å². The van der Waals surface area contributed by atoms with Crippen molar-refractivity contribution in [3.05, 3.63) is 46.5 Å². The fourth-order valence-electron chi connectivity index (χ4n) is 4.44. The van der Waals surface area contributed by atoms with E-state index in [2.05, 4.69) is 21.0 Å². The molecule has 1 aromatic carbocycles. The van der Waals surface area contributed by atoms with Crippen LogP contribution in [-0.2, 0) is 14.2 Å². The minimum Gasteiger partial charge on any atom is -0.476 e. The predicted octanol–water partition coefficient (Wildman–Crippen LogP) is 2.44. The summed E-state index contributed by atoms with van der Waals surface area (Å²) in [5.41, 5.74) is 3.57. The molecule has 2 fully saturated rings. The predicted molar refractivity (Wildman–Crippen MR) is 119 cm³/mol. The molecule has 3 aromatic rings. The number of rotatable bonds is 4. The topological polar surface area (TPSA) is 122 Å². The highest BCUT2D eigenvalue weighted by Gasteiger charge is 2.48. The highest BCUT2D eigenvalue weighted by molar-refractivity contribution is 6.33. The van der Waals surface area contributed by atoms with Crippen LogP contribution in [0.2, 0.25) is 5.02 Å². The van der Waals surface area contributed by atoms with E-state index >= 15 is 0 Å². The molecule has 168 valence electrons. The van der Waals surface area contributed by atoms with Gasteiger partial charge in [-0.15, -0.1) is 0 Å². The third-order valence-corrected chi connectivity index (χ3v) is 6.33. The van der Waals surface area contributed by atoms with Crippen LogP contribution in [-0.4, -0.2) is 71.8 Å². The number of hydrogen-bond acceptors (Lipinski definition) is 8. The van der Waals surface area contributed by atoms with Gasteiger partial charge in [0.05, 0.1) is 36.0 Å². The van der Waals surface area contributed by atoms with Gasteiger partial charge >= 0.3 is 0 Å². The number of ether oxygens (including phenoxy) is 4. The van der Waals surface area contributed by atoms with Crippen LogP contribution >= 0.6 is 11.6 Å². The number of aliphatic hydroxyl groups is 1. The van der Waals surface area contributed by atoms with Gasteiger partial charge in [0.2, 0.25) is 11.8 Å². The Balaban J connectivity index is 1.33. The molecule has 4 atom stereocenters. The third kappa shape index (κ3) is 3.43. The first-order valence-electron chi connectivity index (χ1n) is 10.6. The second kappa shape index (κ2) is 8.01. The molecule has 3 aliphatic rings. The van der Waals surface area contributed by atoms with Crippen molar-refractivity contribution in [1.82, 2.24) is 9.97 Å². The Morgan fingerprint density at radius 1 is 1.15 bits per heavy atom. The molecule has 2 saturated heterocycles. The monoisotopic (exact) mass is 466 g/mol. The second-order valence-electron chi connectivity index (χ2n) is 8.09. The lowest BCUT2D eigenvalue weighted by Gasteiger charge is -2.16. The van der Waals surface area contributed by atoms with Gasteiger partial charge in [0.1, 0.15) is 42.1 Å². The van der Waals surface area contributed by atoms with Gasteiger partial charge < -0.3 is 29.0 Å². The first kappa shape index (κ1) is 20.4. The number of fused-ring (bicyclic) bond motifs is 2. The molecule has 0 radical (unpaired) electrons. The fourth-order valence-corrected chi connectivity index (χ4v) is 4.70. The summed E-state index contributed by atoms with van der Waals surface area (Å²) < 4.78 is 22.8. The maximum atomic E-state index is 9.94. The first-order chi connectivity index (χ1) is 16.1. The molecule has 0 bridgehead atoms. The number of nitriles is 1. The quantitative estimate of drug-likeness (QED) is 0.605. The largest absolute Gasteiger partial charge is 0.476 e. The Labute approximate surface area is 193 Å². The van der Waals surface area contributed by atoms with Gasteiger partial charge in [0, 0.05) is 11.1 Å². The zero-order valence-corrected chi connectivity index (χ0v) is 18.1. The van der Waals surface area contributed by atoms with E-state index in [1.54, 1.807) is 6.07 Å². The molecule has 33 heavy (non-hydrogen) atoms. The van der Waals surface area contributed by atoms with Crippen molar-refractivity contribution < 1.29 is 24.1 Å². The molecule has 0 spiro atoms. The van der Waals surface area contributed by atoms with Crippen molar-refractivity contribution in [2.24, 2.45) is 4.99 Å². The molecule has 2 aromatic heterocycles. The Kier molecular flexibility index (Phi) is 4.96. The summed E-state index contributed by atoms with van der Waals surface area (Å²) in [7, 11) is 0. The SMILES string of the molecule is N#Cc1c(O[C@@H]2CO[C@H]3[C@@H]2OC[C@H]3O)[nH]c2cc(Cl)c(-c3ccc(C4=NCCO4)cc3)nc12. The number of nitrogens with one attached hydrogen (secondary N) is 1. The molecule has 2 N–H and O–H groups in total. The molecule has 6 rings (SSSR count). The minimum atomic E-state index is -0.677. The fraction of sp³-hybridized carbons (Fsp3) is 0.348. The van der Waals surface area contributed by atoms with Crippen LogP contribution in [0.4, 0.5) is 0 Å². The lowest BCUT2D eigenvalue weighted by atomic mass is 10.1. The van der Waals surface area contributed by atoms with Crippen molar-refractivity contribution in [3.8, 4) is 23.2 Å². The van der Waals surface area contributed by atoms with Gasteiger partial charge in [-0.05, 0) is 18.2 Å². The number of aromatic amines is 1. The van der Waals surface area contributed by atoms with E-state index in [-0.39, 0.29) is 24.7 Å². The summed E-state index contributed by atoms with van der Waals surface area (Å²) in [6, 6.07) is 11.5. The molecular weight excluding hydrogens is 448 g/mol. The molecule has 10 heteroatoms. The number of H-pyrrole nitrogens is 1. The molecule has 0 amide bonds. The normalized spacial score (nSPS) is 26.2. The average molecular weight is 467 g/mol. The van der Waals surface area contributed by atoms with Crippen molar-refractivity contribution in [2.45, 2.75) is 24.4 Å². The molecule has 5 heterocycles. The van der Waals surface area contributed by atoms with Crippen LogP contribution in [0.3, 0.4) is 0 Å². The summed E-state index contributed by atoms with van der Waals surface area (Å²) >= 11 is 6.55. The second-order valence-corrected chi connectivity index (χ2v) is 8.50. The average Bonchev–Trinajstić information content (AvgIpc) is 3.60. The smallest absolute Gasteiger partial charge is 0.216 e. The third-order valence-electron chi connectivity index (χ3n) is 6.04. The number of hydrogen-bond donors (Lipinski definition) is 2. The standard InChI is InChI=1S/C23H19ClN4O5/c24-14-7-15-19(28-18(14)11-1-3-12(4-2-11)22-26-5-6-30-22)13(8-25)23(27-15)33-17-10-32-20-16(29)9-31-21(17)20/h1-4,7,16-17,20-21,27,29H,5-6,9-10H2/t16-,17-,20-,21-/m1/s1. The van der Waals surface area contributed by atoms with Crippen LogP contribution in [0.1, 0.15) is 11.1 Å². The Morgan fingerprint density at radius 2 is 1.94 bits per heavy atom. The molecule has 0 unspecified atom stereocenters. The zero-order valence-electron chi connectivity index (χ0n) is 17.3. The number of benzene rings is 1. The molecule has 9 nitrogen and oxygen atoms in total. The maximum Gasteiger partial charge on any atom is 0.216 e. The Morgan fingerprint density at radius 3 is 2.70 bits per heavy atom. The zero-order chi connectivity index (χ0) is 22.5. The first-order valence-corrected chi connectivity index (χ1v) is 11.0.